The topological polar surface area (TPSA) is 41.9 Å². The zero-order valence-corrected chi connectivity index (χ0v) is 13.5. The number of hydrogen-bond acceptors (Lipinski definition) is 4. The van der Waals surface area contributed by atoms with Gasteiger partial charge in [-0.1, -0.05) is 23.7 Å². The highest BCUT2D eigenvalue weighted by atomic mass is 35.5. The van der Waals surface area contributed by atoms with Gasteiger partial charge < -0.3 is 14.6 Å². The molecule has 0 spiro atoms. The number of nitrogens with zero attached hydrogens (tertiary/aromatic N) is 1. The van der Waals surface area contributed by atoms with E-state index in [1.165, 1.54) is 12.8 Å². The fourth-order valence-corrected chi connectivity index (χ4v) is 3.14. The van der Waals surface area contributed by atoms with Crippen LogP contribution in [0.25, 0.3) is 0 Å². The summed E-state index contributed by atoms with van der Waals surface area (Å²) in [6.45, 7) is 4.02. The molecule has 5 heteroatoms. The van der Waals surface area contributed by atoms with Crippen LogP contribution in [0.15, 0.2) is 24.3 Å². The summed E-state index contributed by atoms with van der Waals surface area (Å²) in [7, 11) is 0. The molecule has 2 unspecified atom stereocenters. The highest BCUT2D eigenvalue weighted by molar-refractivity contribution is 6.30. The summed E-state index contributed by atoms with van der Waals surface area (Å²) in [4.78, 5) is 2.37. The Bertz CT molecular complexity index is 463. The summed E-state index contributed by atoms with van der Waals surface area (Å²) in [6.07, 6.45) is 2.15. The van der Waals surface area contributed by atoms with E-state index in [9.17, 15) is 5.11 Å². The van der Waals surface area contributed by atoms with Crippen LogP contribution < -0.4 is 0 Å². The lowest BCUT2D eigenvalue weighted by atomic mass is 10.1. The van der Waals surface area contributed by atoms with Crippen molar-refractivity contribution in [3.8, 4) is 0 Å². The van der Waals surface area contributed by atoms with E-state index in [0.717, 1.165) is 36.3 Å². The summed E-state index contributed by atoms with van der Waals surface area (Å²) in [6, 6.07) is 8.08. The van der Waals surface area contributed by atoms with Crippen LogP contribution in [0, 0.1) is 5.92 Å². The minimum atomic E-state index is -0.452. The number of morpholine rings is 1. The van der Waals surface area contributed by atoms with E-state index in [1.54, 1.807) is 0 Å². The monoisotopic (exact) mass is 325 g/mol. The zero-order chi connectivity index (χ0) is 15.4. The lowest BCUT2D eigenvalue weighted by Crippen LogP contribution is -2.50. The number of aliphatic hydroxyl groups excluding tert-OH is 1. The lowest BCUT2D eigenvalue weighted by molar-refractivity contribution is -0.0500. The van der Waals surface area contributed by atoms with Gasteiger partial charge in [-0.3, -0.25) is 4.90 Å². The molecule has 1 aliphatic heterocycles. The number of β-amino-alcohol motifs (C(OH)–C–C–N with tert-alkyl or cyclic N) is 1. The average molecular weight is 326 g/mol. The summed E-state index contributed by atoms with van der Waals surface area (Å²) < 4.78 is 11.2. The van der Waals surface area contributed by atoms with Crippen LogP contribution in [-0.2, 0) is 16.1 Å². The first kappa shape index (κ1) is 16.2. The number of halogens is 1. The third-order valence-corrected chi connectivity index (χ3v) is 4.64. The molecular formula is C17H24ClNO3. The Morgan fingerprint density at radius 1 is 1.32 bits per heavy atom. The number of rotatable bonds is 7. The van der Waals surface area contributed by atoms with E-state index in [2.05, 4.69) is 4.90 Å². The first-order valence-corrected chi connectivity index (χ1v) is 8.42. The molecule has 2 fully saturated rings. The Kier molecular flexibility index (Phi) is 5.71. The molecule has 0 radical (unpaired) electrons. The summed E-state index contributed by atoms with van der Waals surface area (Å²) >= 11 is 5.85. The number of hydrogen-bond donors (Lipinski definition) is 1. The molecule has 1 aliphatic carbocycles. The van der Waals surface area contributed by atoms with Crippen molar-refractivity contribution in [1.29, 1.82) is 0 Å². The van der Waals surface area contributed by atoms with Crippen molar-refractivity contribution < 1.29 is 14.6 Å². The van der Waals surface area contributed by atoms with Gasteiger partial charge in [0.05, 0.1) is 32.5 Å². The van der Waals surface area contributed by atoms with Gasteiger partial charge in [0.1, 0.15) is 0 Å². The second-order valence-corrected chi connectivity index (χ2v) is 6.71. The van der Waals surface area contributed by atoms with Gasteiger partial charge in [0.25, 0.3) is 0 Å². The Morgan fingerprint density at radius 3 is 2.82 bits per heavy atom. The molecule has 2 atom stereocenters. The van der Waals surface area contributed by atoms with Crippen LogP contribution in [0.2, 0.25) is 5.02 Å². The minimum absolute atomic E-state index is 0.359. The van der Waals surface area contributed by atoms with Gasteiger partial charge in [-0.2, -0.15) is 0 Å². The average Bonchev–Trinajstić information content (AvgIpc) is 3.34. The van der Waals surface area contributed by atoms with Crippen LogP contribution >= 0.6 is 11.6 Å². The molecule has 22 heavy (non-hydrogen) atoms. The Balaban J connectivity index is 1.39. The van der Waals surface area contributed by atoms with Crippen LogP contribution in [0.3, 0.4) is 0 Å². The molecule has 3 rings (SSSR count). The first-order valence-electron chi connectivity index (χ1n) is 8.04. The van der Waals surface area contributed by atoms with Crippen molar-refractivity contribution in [2.24, 2.45) is 5.92 Å². The molecule has 0 bridgehead atoms. The number of benzene rings is 1. The highest BCUT2D eigenvalue weighted by Gasteiger charge is 2.37. The largest absolute Gasteiger partial charge is 0.389 e. The van der Waals surface area contributed by atoms with Crippen LogP contribution in [0.4, 0.5) is 0 Å². The lowest BCUT2D eigenvalue weighted by Gasteiger charge is -2.36. The maximum absolute atomic E-state index is 10.2. The van der Waals surface area contributed by atoms with Crippen molar-refractivity contribution in [3.05, 3.63) is 34.9 Å². The summed E-state index contributed by atoms with van der Waals surface area (Å²) in [5, 5.41) is 10.9. The predicted octanol–water partition coefficient (Wildman–Crippen LogP) is 2.33. The molecule has 0 aromatic heterocycles. The first-order chi connectivity index (χ1) is 10.7. The molecule has 1 heterocycles. The normalized spacial score (nSPS) is 24.4. The van der Waals surface area contributed by atoms with Crippen molar-refractivity contribution in [1.82, 2.24) is 4.90 Å². The second-order valence-electron chi connectivity index (χ2n) is 6.27. The van der Waals surface area contributed by atoms with E-state index in [0.29, 0.717) is 25.8 Å². The van der Waals surface area contributed by atoms with Crippen LogP contribution in [0.1, 0.15) is 18.4 Å². The van der Waals surface area contributed by atoms with Crippen molar-refractivity contribution in [2.75, 3.05) is 32.9 Å². The standard InChI is InChI=1S/C17H24ClNO3/c18-15-5-1-13(2-6-15)10-22-11-16(20)9-19-7-8-21-12-17(19)14-3-4-14/h1-2,5-6,14,16-17,20H,3-4,7-12H2. The van der Waals surface area contributed by atoms with E-state index < -0.39 is 6.10 Å². The smallest absolute Gasteiger partial charge is 0.0900 e. The SMILES string of the molecule is OC(COCc1ccc(Cl)cc1)CN1CCOCC1C1CC1. The third-order valence-electron chi connectivity index (χ3n) is 4.38. The highest BCUT2D eigenvalue weighted by Crippen LogP contribution is 2.36. The van der Waals surface area contributed by atoms with Crippen molar-refractivity contribution in [2.45, 2.75) is 31.6 Å². The molecule has 122 valence electrons. The summed E-state index contributed by atoms with van der Waals surface area (Å²) in [5.74, 6) is 0.766. The van der Waals surface area contributed by atoms with E-state index in [4.69, 9.17) is 21.1 Å². The van der Waals surface area contributed by atoms with Gasteiger partial charge in [-0.15, -0.1) is 0 Å². The van der Waals surface area contributed by atoms with E-state index >= 15 is 0 Å². The Hall–Kier alpha value is -0.650. The predicted molar refractivity (Wildman–Crippen MR) is 86.0 cm³/mol. The Labute approximate surface area is 137 Å². The number of aliphatic hydroxyl groups is 1. The summed E-state index contributed by atoms with van der Waals surface area (Å²) in [5.41, 5.74) is 1.07. The van der Waals surface area contributed by atoms with Gasteiger partial charge in [0, 0.05) is 24.2 Å². The molecule has 0 amide bonds. The molecule has 1 saturated heterocycles. The third kappa shape index (κ3) is 4.67. The van der Waals surface area contributed by atoms with Gasteiger partial charge in [0.15, 0.2) is 0 Å². The molecule has 1 aromatic carbocycles. The fourth-order valence-electron chi connectivity index (χ4n) is 3.02. The van der Waals surface area contributed by atoms with Gasteiger partial charge in [-0.25, -0.2) is 0 Å². The quantitative estimate of drug-likeness (QED) is 0.835. The van der Waals surface area contributed by atoms with Crippen molar-refractivity contribution in [3.63, 3.8) is 0 Å². The molecule has 1 saturated carbocycles. The maximum Gasteiger partial charge on any atom is 0.0900 e. The van der Waals surface area contributed by atoms with E-state index in [-0.39, 0.29) is 0 Å². The van der Waals surface area contributed by atoms with Crippen LogP contribution in [0.5, 0.6) is 0 Å². The minimum Gasteiger partial charge on any atom is -0.389 e. The van der Waals surface area contributed by atoms with Gasteiger partial charge in [0.2, 0.25) is 0 Å². The molecular weight excluding hydrogens is 302 g/mol. The van der Waals surface area contributed by atoms with Crippen molar-refractivity contribution >= 4 is 11.6 Å². The molecule has 4 nitrogen and oxygen atoms in total. The van der Waals surface area contributed by atoms with E-state index in [1.807, 2.05) is 24.3 Å². The Morgan fingerprint density at radius 2 is 2.09 bits per heavy atom. The maximum atomic E-state index is 10.2. The number of ether oxygens (including phenoxy) is 2. The second kappa shape index (κ2) is 7.75. The van der Waals surface area contributed by atoms with Crippen LogP contribution in [-0.4, -0.2) is 55.1 Å². The van der Waals surface area contributed by atoms with Gasteiger partial charge in [-0.05, 0) is 36.5 Å². The zero-order valence-electron chi connectivity index (χ0n) is 12.8. The van der Waals surface area contributed by atoms with Gasteiger partial charge >= 0.3 is 0 Å². The molecule has 1 N–H and O–H groups in total. The fraction of sp³-hybridized carbons (Fsp3) is 0.647. The molecule has 2 aliphatic rings. The molecule has 1 aromatic rings.